The Labute approximate surface area is 146 Å². The minimum atomic E-state index is -4.82. The van der Waals surface area contributed by atoms with Crippen molar-refractivity contribution in [2.75, 3.05) is 0 Å². The largest absolute Gasteiger partial charge is 0.435 e. The molecule has 0 spiro atoms. The van der Waals surface area contributed by atoms with Crippen molar-refractivity contribution >= 4 is 0 Å². The summed E-state index contributed by atoms with van der Waals surface area (Å²) < 4.78 is 86.1. The predicted molar refractivity (Wildman–Crippen MR) is 75.1 cm³/mol. The Bertz CT molecular complexity index is 928. The molecule has 142 valence electrons. The molecule has 0 radical (unpaired) electrons. The molecule has 0 atom stereocenters. The zero-order valence-electron chi connectivity index (χ0n) is 12.9. The highest BCUT2D eigenvalue weighted by atomic mass is 19.4. The summed E-state index contributed by atoms with van der Waals surface area (Å²) in [5.41, 5.74) is -1.34. The molecule has 0 saturated carbocycles. The lowest BCUT2D eigenvalue weighted by Gasteiger charge is -2.08. The minimum Gasteiger partial charge on any atom is -0.420 e. The van der Waals surface area contributed by atoms with E-state index in [1.165, 1.54) is 12.1 Å². The van der Waals surface area contributed by atoms with Gasteiger partial charge in [-0.15, -0.1) is 0 Å². The first-order chi connectivity index (χ1) is 12.7. The molecule has 0 aromatic carbocycles. The van der Waals surface area contributed by atoms with Crippen LogP contribution < -0.4 is 9.47 Å². The Morgan fingerprint density at radius 3 is 2.33 bits per heavy atom. The lowest BCUT2D eigenvalue weighted by Crippen LogP contribution is -2.09. The van der Waals surface area contributed by atoms with E-state index < -0.39 is 42.0 Å². The SMILES string of the molecule is Fc1cnc(-n2nc(C(F)(F)F)cc2Oc2cccc(OC(F)F)n2)nc1. The van der Waals surface area contributed by atoms with E-state index in [2.05, 4.69) is 24.8 Å². The van der Waals surface area contributed by atoms with Gasteiger partial charge in [0.05, 0.1) is 12.4 Å². The Kier molecular flexibility index (Phi) is 4.83. The number of rotatable bonds is 5. The molecule has 0 saturated heterocycles. The maximum absolute atomic E-state index is 13.0. The second-order valence-electron chi connectivity index (χ2n) is 4.77. The molecule has 13 heteroatoms. The summed E-state index contributed by atoms with van der Waals surface area (Å²) >= 11 is 0. The smallest absolute Gasteiger partial charge is 0.420 e. The number of hydrogen-bond acceptors (Lipinski definition) is 6. The summed E-state index contributed by atoms with van der Waals surface area (Å²) in [7, 11) is 0. The number of halogens is 6. The average Bonchev–Trinajstić information content (AvgIpc) is 2.99. The first-order valence-electron chi connectivity index (χ1n) is 6.97. The van der Waals surface area contributed by atoms with E-state index in [-0.39, 0.29) is 5.88 Å². The van der Waals surface area contributed by atoms with Gasteiger partial charge in [-0.3, -0.25) is 0 Å². The van der Waals surface area contributed by atoms with E-state index in [4.69, 9.17) is 4.74 Å². The molecule has 3 rings (SSSR count). The molecule has 3 heterocycles. The molecule has 0 unspecified atom stereocenters. The standard InChI is InChI=1S/C14H7F6N5O2/c15-7-5-21-13(22-6-7)25-11(4-8(24-25)14(18,19)20)26-9-2-1-3-10(23-9)27-12(16)17/h1-6,12H. The second kappa shape index (κ2) is 7.09. The van der Waals surface area contributed by atoms with Crippen LogP contribution in [-0.2, 0) is 6.18 Å². The molecule has 3 aromatic heterocycles. The normalized spacial score (nSPS) is 11.7. The third kappa shape index (κ3) is 4.43. The summed E-state index contributed by atoms with van der Waals surface area (Å²) in [5.74, 6) is -2.63. The van der Waals surface area contributed by atoms with Crippen molar-refractivity contribution in [3.8, 4) is 23.6 Å². The third-order valence-corrected chi connectivity index (χ3v) is 2.88. The number of aromatic nitrogens is 5. The monoisotopic (exact) mass is 391 g/mol. The molecule has 27 heavy (non-hydrogen) atoms. The zero-order chi connectivity index (χ0) is 19.6. The van der Waals surface area contributed by atoms with E-state index in [0.29, 0.717) is 10.7 Å². The number of ether oxygens (including phenoxy) is 2. The Morgan fingerprint density at radius 2 is 1.70 bits per heavy atom. The first-order valence-corrected chi connectivity index (χ1v) is 6.97. The van der Waals surface area contributed by atoms with Crippen LogP contribution in [0.25, 0.3) is 5.95 Å². The Hall–Kier alpha value is -3.38. The van der Waals surface area contributed by atoms with Crippen LogP contribution in [0.1, 0.15) is 5.69 Å². The van der Waals surface area contributed by atoms with Crippen molar-refractivity contribution in [2.45, 2.75) is 12.8 Å². The zero-order valence-corrected chi connectivity index (χ0v) is 12.9. The average molecular weight is 391 g/mol. The van der Waals surface area contributed by atoms with Crippen LogP contribution in [0, 0.1) is 5.82 Å². The summed E-state index contributed by atoms with van der Waals surface area (Å²) in [4.78, 5) is 10.6. The molecule has 0 aliphatic heterocycles. The molecule has 0 amide bonds. The molecule has 0 fully saturated rings. The van der Waals surface area contributed by atoms with E-state index in [1.807, 2.05) is 0 Å². The highest BCUT2D eigenvalue weighted by molar-refractivity contribution is 5.30. The fourth-order valence-corrected chi connectivity index (χ4v) is 1.85. The maximum Gasteiger partial charge on any atom is 0.435 e. The van der Waals surface area contributed by atoms with Crippen molar-refractivity contribution < 1.29 is 35.8 Å². The number of pyridine rings is 1. The highest BCUT2D eigenvalue weighted by Gasteiger charge is 2.36. The molecule has 0 aliphatic rings. The fourth-order valence-electron chi connectivity index (χ4n) is 1.85. The minimum absolute atomic E-state index is 0.356. The first kappa shape index (κ1) is 18.4. The van der Waals surface area contributed by atoms with E-state index >= 15 is 0 Å². The molecule has 0 aliphatic carbocycles. The summed E-state index contributed by atoms with van der Waals surface area (Å²) in [5, 5.41) is 3.29. The van der Waals surface area contributed by atoms with Gasteiger partial charge in [-0.05, 0) is 0 Å². The van der Waals surface area contributed by atoms with Crippen molar-refractivity contribution in [1.82, 2.24) is 24.7 Å². The van der Waals surface area contributed by atoms with Gasteiger partial charge < -0.3 is 9.47 Å². The van der Waals surface area contributed by atoms with Crippen LogP contribution in [0.3, 0.4) is 0 Å². The van der Waals surface area contributed by atoms with Crippen LogP contribution in [0.5, 0.6) is 17.6 Å². The fraction of sp³-hybridized carbons (Fsp3) is 0.143. The lowest BCUT2D eigenvalue weighted by atomic mass is 10.4. The van der Waals surface area contributed by atoms with E-state index in [0.717, 1.165) is 18.5 Å². The molecule has 7 nitrogen and oxygen atoms in total. The van der Waals surface area contributed by atoms with Crippen LogP contribution in [0.15, 0.2) is 36.7 Å². The number of nitrogens with zero attached hydrogens (tertiary/aromatic N) is 5. The van der Waals surface area contributed by atoms with Crippen LogP contribution in [0.4, 0.5) is 26.3 Å². The maximum atomic E-state index is 13.0. The van der Waals surface area contributed by atoms with Crippen molar-refractivity contribution in [2.24, 2.45) is 0 Å². The second-order valence-corrected chi connectivity index (χ2v) is 4.77. The van der Waals surface area contributed by atoms with Crippen LogP contribution >= 0.6 is 0 Å². The van der Waals surface area contributed by atoms with Gasteiger partial charge >= 0.3 is 12.8 Å². The topological polar surface area (TPSA) is 75.0 Å². The number of hydrogen-bond donors (Lipinski definition) is 0. The van der Waals surface area contributed by atoms with Crippen molar-refractivity contribution in [3.63, 3.8) is 0 Å². The predicted octanol–water partition coefficient (Wildman–Crippen LogP) is 3.61. The van der Waals surface area contributed by atoms with Gasteiger partial charge in [0.2, 0.25) is 17.6 Å². The van der Waals surface area contributed by atoms with Crippen LogP contribution in [-0.4, -0.2) is 31.3 Å². The van der Waals surface area contributed by atoms with Gasteiger partial charge in [0.15, 0.2) is 11.5 Å². The molecule has 0 bridgehead atoms. The molecule has 3 aromatic rings. The molecular formula is C14H7F6N5O2. The Morgan fingerprint density at radius 1 is 1.04 bits per heavy atom. The lowest BCUT2D eigenvalue weighted by molar-refractivity contribution is -0.141. The van der Waals surface area contributed by atoms with Gasteiger partial charge in [0, 0.05) is 18.2 Å². The van der Waals surface area contributed by atoms with Gasteiger partial charge in [-0.1, -0.05) is 6.07 Å². The number of alkyl halides is 5. The van der Waals surface area contributed by atoms with E-state index in [9.17, 15) is 26.3 Å². The van der Waals surface area contributed by atoms with Gasteiger partial charge in [0.25, 0.3) is 5.95 Å². The van der Waals surface area contributed by atoms with Gasteiger partial charge in [-0.2, -0.15) is 36.7 Å². The summed E-state index contributed by atoms with van der Waals surface area (Å²) in [6, 6.07) is 4.05. The van der Waals surface area contributed by atoms with Crippen LogP contribution in [0.2, 0.25) is 0 Å². The van der Waals surface area contributed by atoms with Crippen molar-refractivity contribution in [1.29, 1.82) is 0 Å². The molecule has 0 N–H and O–H groups in total. The Balaban J connectivity index is 1.99. The molecular weight excluding hydrogens is 384 g/mol. The van der Waals surface area contributed by atoms with Crippen molar-refractivity contribution in [3.05, 3.63) is 48.2 Å². The summed E-state index contributed by atoms with van der Waals surface area (Å²) in [6.07, 6.45) is -3.38. The van der Waals surface area contributed by atoms with E-state index in [1.54, 1.807) is 0 Å². The van der Waals surface area contributed by atoms with Gasteiger partial charge in [-0.25, -0.2) is 14.4 Å². The quantitative estimate of drug-likeness (QED) is 0.619. The summed E-state index contributed by atoms with van der Waals surface area (Å²) in [6.45, 7) is -3.15. The third-order valence-electron chi connectivity index (χ3n) is 2.88. The van der Waals surface area contributed by atoms with Gasteiger partial charge in [0.1, 0.15) is 0 Å². The highest BCUT2D eigenvalue weighted by Crippen LogP contribution is 2.33.